The van der Waals surface area contributed by atoms with Crippen molar-refractivity contribution in [2.75, 3.05) is 78.0 Å². The number of rotatable bonds is 29. The molecule has 5 aliphatic heterocycles. The summed E-state index contributed by atoms with van der Waals surface area (Å²) in [5.41, 5.74) is 10.1. The summed E-state index contributed by atoms with van der Waals surface area (Å²) < 4.78 is 46.4. The maximum Gasteiger partial charge on any atom is 0.510 e. The van der Waals surface area contributed by atoms with E-state index in [0.717, 1.165) is 23.8 Å². The average Bonchev–Trinajstić information content (AvgIpc) is 1.86. The number of nitrogens with one attached hydrogen (secondary N) is 4. The van der Waals surface area contributed by atoms with Gasteiger partial charge >= 0.3 is 12.1 Å². The highest BCUT2D eigenvalue weighted by Crippen LogP contribution is 2.48. The predicted molar refractivity (Wildman–Crippen MR) is 311 cm³/mol. The van der Waals surface area contributed by atoms with Crippen LogP contribution in [-0.4, -0.2) is 162 Å². The number of pyridine rings is 1. The summed E-state index contributed by atoms with van der Waals surface area (Å²) >= 11 is 0. The highest BCUT2D eigenvalue weighted by Gasteiger charge is 2.53. The van der Waals surface area contributed by atoms with Crippen molar-refractivity contribution in [2.45, 2.75) is 96.2 Å². The number of amides is 6. The van der Waals surface area contributed by atoms with Crippen LogP contribution in [0, 0.1) is 11.8 Å². The molecule has 0 radical (unpaired) electrons. The summed E-state index contributed by atoms with van der Waals surface area (Å²) in [6.45, 7) is 8.24. The van der Waals surface area contributed by atoms with Crippen molar-refractivity contribution in [2.24, 2.45) is 17.6 Å². The molecule has 6 amide bonds. The SMILES string of the molecule is C=C1C2=C(C=C3c4nc5cc6c(cc5cc4CN13)OCO6)[C@](CC)(OC(=O)OCc1ccc(NC(=O)[C@H](CCCCN)NC(=O)COCC(=O)NCCOCCOCCn3cc(CNC(=O)C4CCC(CN5C(=O)C=CC5=O)CC4)nn3)cc1)C(=O)OC2. The molecule has 4 aromatic rings. The zero-order chi connectivity index (χ0) is 61.7. The average molecular weight is 1210 g/mol. The van der Waals surface area contributed by atoms with Crippen LogP contribution in [0.3, 0.4) is 0 Å². The first kappa shape index (κ1) is 62.0. The number of aromatic nitrogens is 4. The van der Waals surface area contributed by atoms with E-state index in [0.29, 0.717) is 127 Å². The molecule has 2 atom stereocenters. The number of nitrogens with two attached hydrogens (primary N) is 1. The second kappa shape index (κ2) is 28.6. The molecule has 27 nitrogen and oxygen atoms in total. The van der Waals surface area contributed by atoms with Gasteiger partial charge in [-0.1, -0.05) is 30.8 Å². The maximum atomic E-state index is 13.7. The van der Waals surface area contributed by atoms with Gasteiger partial charge < -0.3 is 69.8 Å². The smallest absolute Gasteiger partial charge is 0.457 e. The molecule has 10 rings (SSSR count). The number of anilines is 1. The van der Waals surface area contributed by atoms with E-state index in [-0.39, 0.29) is 88.7 Å². The molecule has 6 aliphatic rings. The van der Waals surface area contributed by atoms with Gasteiger partial charge in [0.15, 0.2) is 11.5 Å². The van der Waals surface area contributed by atoms with Crippen LogP contribution in [0.25, 0.3) is 16.6 Å². The first-order valence-corrected chi connectivity index (χ1v) is 29.5. The number of ether oxygens (including phenoxy) is 8. The zero-order valence-electron chi connectivity index (χ0n) is 48.8. The number of imide groups is 1. The lowest BCUT2D eigenvalue weighted by molar-refractivity contribution is -0.165. The van der Waals surface area contributed by atoms with E-state index >= 15 is 0 Å². The van der Waals surface area contributed by atoms with Gasteiger partial charge in [0.2, 0.25) is 36.0 Å². The minimum atomic E-state index is -1.84. The minimum Gasteiger partial charge on any atom is -0.457 e. The van der Waals surface area contributed by atoms with Crippen molar-refractivity contribution in [1.82, 2.24) is 45.7 Å². The van der Waals surface area contributed by atoms with Gasteiger partial charge in [0.25, 0.3) is 11.8 Å². The Morgan fingerprint density at radius 3 is 2.39 bits per heavy atom. The number of hydrogen-bond donors (Lipinski definition) is 5. The van der Waals surface area contributed by atoms with Crippen LogP contribution in [0.5, 0.6) is 11.5 Å². The van der Waals surface area contributed by atoms with Gasteiger partial charge in [-0.15, -0.1) is 5.10 Å². The summed E-state index contributed by atoms with van der Waals surface area (Å²) in [5, 5.41) is 20.2. The van der Waals surface area contributed by atoms with Gasteiger partial charge in [-0.25, -0.2) is 19.3 Å². The third-order valence-corrected chi connectivity index (χ3v) is 16.0. The lowest BCUT2D eigenvalue weighted by atomic mass is 9.81. The normalized spacial score (nSPS) is 19.4. The van der Waals surface area contributed by atoms with Gasteiger partial charge in [0, 0.05) is 70.7 Å². The topological polar surface area (TPSA) is 335 Å². The van der Waals surface area contributed by atoms with E-state index < -0.39 is 54.7 Å². The molecule has 27 heteroatoms. The first-order valence-electron chi connectivity index (χ1n) is 29.5. The lowest BCUT2D eigenvalue weighted by Gasteiger charge is -2.40. The van der Waals surface area contributed by atoms with E-state index in [1.807, 2.05) is 29.2 Å². The van der Waals surface area contributed by atoms with Crippen LogP contribution in [0.15, 0.2) is 90.3 Å². The van der Waals surface area contributed by atoms with E-state index in [2.05, 4.69) is 38.2 Å². The Morgan fingerprint density at radius 2 is 1.62 bits per heavy atom. The fourth-order valence-corrected chi connectivity index (χ4v) is 11.2. The van der Waals surface area contributed by atoms with Crippen LogP contribution in [0.2, 0.25) is 0 Å². The molecule has 6 N–H and O–H groups in total. The van der Waals surface area contributed by atoms with Gasteiger partial charge in [-0.3, -0.25) is 33.7 Å². The quantitative estimate of drug-likeness (QED) is 0.0296. The Balaban J connectivity index is 0.590. The molecular formula is C61H71N11O16. The molecule has 0 unspecified atom stereocenters. The molecule has 466 valence electrons. The summed E-state index contributed by atoms with van der Waals surface area (Å²) in [5.74, 6) is -1.64. The maximum absolute atomic E-state index is 13.7. The molecule has 7 heterocycles. The van der Waals surface area contributed by atoms with Crippen LogP contribution >= 0.6 is 0 Å². The Hall–Kier alpha value is -9.05. The van der Waals surface area contributed by atoms with Crippen molar-refractivity contribution in [3.05, 3.63) is 113 Å². The Morgan fingerprint density at radius 1 is 0.875 bits per heavy atom. The minimum absolute atomic E-state index is 0.0362. The van der Waals surface area contributed by atoms with Crippen LogP contribution in [-0.2, 0) is 88.2 Å². The Bertz CT molecular complexity index is 3410. The first-order chi connectivity index (χ1) is 42.7. The molecule has 1 aliphatic carbocycles. The molecule has 2 aromatic carbocycles. The van der Waals surface area contributed by atoms with E-state index in [4.69, 9.17) is 48.6 Å². The number of fused-ring (bicyclic) bond motifs is 5. The highest BCUT2D eigenvalue weighted by atomic mass is 16.7. The summed E-state index contributed by atoms with van der Waals surface area (Å²) in [4.78, 5) is 111. The molecule has 0 bridgehead atoms. The highest BCUT2D eigenvalue weighted by molar-refractivity contribution is 6.13. The third kappa shape index (κ3) is 14.8. The fourth-order valence-electron chi connectivity index (χ4n) is 11.2. The molecule has 88 heavy (non-hydrogen) atoms. The fraction of sp³-hybridized carbons (Fsp3) is 0.459. The van der Waals surface area contributed by atoms with Gasteiger partial charge in [0.1, 0.15) is 38.2 Å². The number of cyclic esters (lactones) is 1. The van der Waals surface area contributed by atoms with Crippen LogP contribution in [0.1, 0.15) is 80.8 Å². The molecule has 1 fully saturated rings. The Labute approximate surface area is 506 Å². The number of carbonyl (C=O) groups is 8. The summed E-state index contributed by atoms with van der Waals surface area (Å²) in [6.07, 6.45) is 9.39. The molecular weight excluding hydrogens is 1140 g/mol. The predicted octanol–water partition coefficient (Wildman–Crippen LogP) is 3.36. The largest absolute Gasteiger partial charge is 0.510 e. The van der Waals surface area contributed by atoms with E-state index in [9.17, 15) is 38.4 Å². The number of nitrogens with zero attached hydrogens (tertiary/aromatic N) is 6. The van der Waals surface area contributed by atoms with E-state index in [1.54, 1.807) is 42.1 Å². The van der Waals surface area contributed by atoms with E-state index in [1.165, 1.54) is 17.1 Å². The standard InChI is InChI=1S/C61H71N11O16/c1-3-61(46-26-49-56-42(30-71(49)37(2)45(46)33-84-59(61)79)24-41-25-50-51(87-36-86-50)27-48(41)67-56)88-60(80)85-32-39-9-13-43(14-10-39)65-58(78)47(6-4-5-17-62)66-53(74)35-83-34-52(73)63-18-20-81-22-23-82-21-19-70-31-44(68-69-70)28-64-57(77)40-11-7-38(8-12-40)29-72-54(75)15-16-55(72)76/h9-10,13-16,24-27,31,38,40,47H,2-8,11-12,17-23,28-30,32-36,62H2,1H3,(H,63,73)(H,64,77)(H,65,78)(H,66,74)/t38?,40?,47-,61-/m0/s1. The van der Waals surface area contributed by atoms with Crippen molar-refractivity contribution in [1.29, 1.82) is 0 Å². The van der Waals surface area contributed by atoms with Gasteiger partial charge in [-0.05, 0) is 99.7 Å². The number of hydrogen-bond acceptors (Lipinski definition) is 21. The molecule has 0 spiro atoms. The second-order valence-corrected chi connectivity index (χ2v) is 21.9. The van der Waals surface area contributed by atoms with Crippen molar-refractivity contribution in [3.8, 4) is 11.5 Å². The summed E-state index contributed by atoms with van der Waals surface area (Å²) in [7, 11) is 0. The summed E-state index contributed by atoms with van der Waals surface area (Å²) in [6, 6.07) is 11.3. The monoisotopic (exact) mass is 1210 g/mol. The zero-order valence-corrected chi connectivity index (χ0v) is 48.8. The Kier molecular flexibility index (Phi) is 20.2. The van der Waals surface area contributed by atoms with Crippen LogP contribution in [0.4, 0.5) is 10.5 Å². The molecule has 1 saturated carbocycles. The molecule has 2 aromatic heterocycles. The van der Waals surface area contributed by atoms with Crippen LogP contribution < -0.4 is 36.5 Å². The van der Waals surface area contributed by atoms with Crippen molar-refractivity contribution < 1.29 is 76.3 Å². The lowest BCUT2D eigenvalue weighted by Crippen LogP contribution is -2.50. The van der Waals surface area contributed by atoms with Gasteiger partial charge in [-0.2, -0.15) is 0 Å². The number of unbranched alkanes of at least 4 members (excludes halogenated alkanes) is 1. The van der Waals surface area contributed by atoms with Crippen molar-refractivity contribution >= 4 is 69.9 Å². The number of esters is 1. The molecule has 0 saturated heterocycles. The second-order valence-electron chi connectivity index (χ2n) is 21.9. The number of benzene rings is 2. The number of carbonyl (C=O) groups excluding carboxylic acids is 8. The van der Waals surface area contributed by atoms with Crippen molar-refractivity contribution in [3.63, 3.8) is 0 Å². The van der Waals surface area contributed by atoms with Gasteiger partial charge in [0.05, 0.1) is 69.2 Å². The third-order valence-electron chi connectivity index (χ3n) is 16.0.